The minimum atomic E-state index is -4.49. The number of hydrogen-bond donors (Lipinski definition) is 3. The van der Waals surface area contributed by atoms with Crippen molar-refractivity contribution in [2.45, 2.75) is 16.8 Å². The SMILES string of the molecule is CN=C(NCCSCc1[nH]cnc1C(F)(F)F)NS(=O)(=O)c1ccccc1. The predicted octanol–water partition coefficient (Wildman–Crippen LogP) is 2.22. The molecular weight excluding hydrogens is 403 g/mol. The zero-order valence-corrected chi connectivity index (χ0v) is 15.9. The van der Waals surface area contributed by atoms with Crippen molar-refractivity contribution in [2.24, 2.45) is 4.99 Å². The van der Waals surface area contributed by atoms with E-state index in [1.54, 1.807) is 18.2 Å². The number of imidazole rings is 1. The van der Waals surface area contributed by atoms with E-state index in [4.69, 9.17) is 0 Å². The largest absolute Gasteiger partial charge is 0.435 e. The second kappa shape index (κ2) is 9.13. The number of aromatic amines is 1. The third-order valence-electron chi connectivity index (χ3n) is 3.28. The number of thioether (sulfide) groups is 1. The van der Waals surface area contributed by atoms with E-state index in [0.29, 0.717) is 12.3 Å². The van der Waals surface area contributed by atoms with Crippen LogP contribution in [0.3, 0.4) is 0 Å². The van der Waals surface area contributed by atoms with Crippen LogP contribution >= 0.6 is 11.8 Å². The van der Waals surface area contributed by atoms with Gasteiger partial charge in [0.25, 0.3) is 10.0 Å². The maximum absolute atomic E-state index is 12.7. The van der Waals surface area contributed by atoms with Gasteiger partial charge in [-0.25, -0.2) is 18.1 Å². The average Bonchev–Trinajstić information content (AvgIpc) is 3.10. The number of hydrogen-bond acceptors (Lipinski definition) is 5. The number of benzene rings is 1. The van der Waals surface area contributed by atoms with Gasteiger partial charge in [-0.2, -0.15) is 24.9 Å². The molecule has 0 unspecified atom stereocenters. The van der Waals surface area contributed by atoms with E-state index in [-0.39, 0.29) is 22.3 Å². The lowest BCUT2D eigenvalue weighted by atomic mass is 10.3. The standard InChI is InChI=1S/C15H18F3N5O2S2/c1-19-14(23-27(24,25)11-5-3-2-4-6-11)20-7-8-26-9-12-13(15(16,17)18)22-10-21-12/h2-6,10H,7-9H2,1H3,(H,21,22)(H2,19,20,23). The fourth-order valence-corrected chi connectivity index (χ4v) is 3.90. The molecule has 27 heavy (non-hydrogen) atoms. The predicted molar refractivity (Wildman–Crippen MR) is 97.9 cm³/mol. The van der Waals surface area contributed by atoms with Crippen molar-refractivity contribution in [2.75, 3.05) is 19.3 Å². The molecule has 0 bridgehead atoms. The highest BCUT2D eigenvalue weighted by atomic mass is 32.2. The second-order valence-electron chi connectivity index (χ2n) is 5.20. The molecule has 0 fully saturated rings. The van der Waals surface area contributed by atoms with E-state index in [2.05, 4.69) is 25.0 Å². The average molecular weight is 421 g/mol. The fraction of sp³-hybridized carbons (Fsp3) is 0.333. The number of alkyl halides is 3. The van der Waals surface area contributed by atoms with E-state index in [1.165, 1.54) is 30.9 Å². The molecule has 0 aliphatic carbocycles. The Morgan fingerprint density at radius 1 is 1.30 bits per heavy atom. The van der Waals surface area contributed by atoms with Crippen molar-refractivity contribution in [1.29, 1.82) is 0 Å². The van der Waals surface area contributed by atoms with Crippen molar-refractivity contribution in [3.63, 3.8) is 0 Å². The number of nitrogens with one attached hydrogen (secondary N) is 3. The van der Waals surface area contributed by atoms with Crippen LogP contribution in [-0.4, -0.2) is 43.7 Å². The smallest absolute Gasteiger partial charge is 0.355 e. The number of aromatic nitrogens is 2. The Morgan fingerprint density at radius 2 is 2.00 bits per heavy atom. The lowest BCUT2D eigenvalue weighted by Crippen LogP contribution is -2.41. The Balaban J connectivity index is 1.80. The summed E-state index contributed by atoms with van der Waals surface area (Å²) in [6, 6.07) is 7.81. The third kappa shape index (κ3) is 6.17. The van der Waals surface area contributed by atoms with Gasteiger partial charge in [0.05, 0.1) is 16.9 Å². The number of rotatable bonds is 7. The van der Waals surface area contributed by atoms with Gasteiger partial charge in [-0.3, -0.25) is 4.99 Å². The van der Waals surface area contributed by atoms with Gasteiger partial charge in [-0.15, -0.1) is 0 Å². The summed E-state index contributed by atoms with van der Waals surface area (Å²) in [4.78, 5) is 9.71. The van der Waals surface area contributed by atoms with Gasteiger partial charge in [0.15, 0.2) is 5.69 Å². The summed E-state index contributed by atoms with van der Waals surface area (Å²) in [6.07, 6.45) is -3.48. The molecule has 1 aromatic heterocycles. The summed E-state index contributed by atoms with van der Waals surface area (Å²) in [5.41, 5.74) is -0.920. The van der Waals surface area contributed by atoms with Crippen molar-refractivity contribution < 1.29 is 21.6 Å². The van der Waals surface area contributed by atoms with Gasteiger partial charge in [0.1, 0.15) is 0 Å². The molecule has 0 saturated heterocycles. The van der Waals surface area contributed by atoms with E-state index in [0.717, 1.165) is 6.33 Å². The molecule has 0 saturated carbocycles. The molecule has 0 spiro atoms. The van der Waals surface area contributed by atoms with E-state index in [1.807, 2.05) is 0 Å². The van der Waals surface area contributed by atoms with Gasteiger partial charge in [0, 0.05) is 25.1 Å². The Morgan fingerprint density at radius 3 is 2.63 bits per heavy atom. The highest BCUT2D eigenvalue weighted by Crippen LogP contribution is 2.31. The van der Waals surface area contributed by atoms with E-state index in [9.17, 15) is 21.6 Å². The topological polar surface area (TPSA) is 99.2 Å². The summed E-state index contributed by atoms with van der Waals surface area (Å²) >= 11 is 1.24. The quantitative estimate of drug-likeness (QED) is 0.362. The van der Waals surface area contributed by atoms with Crippen LogP contribution in [0.25, 0.3) is 0 Å². The zero-order chi connectivity index (χ0) is 19.9. The molecule has 2 aromatic rings. The summed E-state index contributed by atoms with van der Waals surface area (Å²) in [5, 5.41) is 2.81. The molecule has 0 amide bonds. The molecule has 0 aliphatic rings. The molecule has 148 valence electrons. The first-order valence-electron chi connectivity index (χ1n) is 7.69. The monoisotopic (exact) mass is 421 g/mol. The number of aliphatic imine (C=N–C) groups is 1. The van der Waals surface area contributed by atoms with Gasteiger partial charge < -0.3 is 10.3 Å². The van der Waals surface area contributed by atoms with Crippen LogP contribution in [0, 0.1) is 0 Å². The van der Waals surface area contributed by atoms with E-state index < -0.39 is 21.9 Å². The molecule has 7 nitrogen and oxygen atoms in total. The number of guanidine groups is 1. The molecule has 2 rings (SSSR count). The highest BCUT2D eigenvalue weighted by molar-refractivity contribution is 7.98. The molecule has 1 aromatic carbocycles. The highest BCUT2D eigenvalue weighted by Gasteiger charge is 2.35. The molecule has 0 aliphatic heterocycles. The number of nitrogens with zero attached hydrogens (tertiary/aromatic N) is 2. The van der Waals surface area contributed by atoms with Crippen LogP contribution < -0.4 is 10.0 Å². The molecule has 12 heteroatoms. The Labute approximate surface area is 158 Å². The number of sulfonamides is 1. The van der Waals surface area contributed by atoms with Crippen molar-refractivity contribution in [3.8, 4) is 0 Å². The van der Waals surface area contributed by atoms with Gasteiger partial charge in [0.2, 0.25) is 5.96 Å². The second-order valence-corrected chi connectivity index (χ2v) is 7.99. The first-order valence-corrected chi connectivity index (χ1v) is 10.3. The Bertz CT molecular complexity index is 867. The molecule has 3 N–H and O–H groups in total. The van der Waals surface area contributed by atoms with Gasteiger partial charge in [-0.1, -0.05) is 18.2 Å². The van der Waals surface area contributed by atoms with Crippen LogP contribution in [0.5, 0.6) is 0 Å². The van der Waals surface area contributed by atoms with Crippen molar-refractivity contribution in [3.05, 3.63) is 48.0 Å². The summed E-state index contributed by atoms with van der Waals surface area (Å²) in [7, 11) is -2.34. The minimum Gasteiger partial charge on any atom is -0.355 e. The minimum absolute atomic E-state index is 0.00154. The van der Waals surface area contributed by atoms with Crippen molar-refractivity contribution >= 4 is 27.7 Å². The molecular formula is C15H18F3N5O2S2. The third-order valence-corrected chi connectivity index (χ3v) is 5.62. The van der Waals surface area contributed by atoms with Crippen LogP contribution in [0.2, 0.25) is 0 Å². The number of H-pyrrole nitrogens is 1. The van der Waals surface area contributed by atoms with Gasteiger partial charge in [-0.05, 0) is 12.1 Å². The lowest BCUT2D eigenvalue weighted by Gasteiger charge is -2.12. The Hall–Kier alpha value is -2.21. The summed E-state index contributed by atoms with van der Waals surface area (Å²) < 4.78 is 64.9. The lowest BCUT2D eigenvalue weighted by molar-refractivity contribution is -0.141. The van der Waals surface area contributed by atoms with E-state index >= 15 is 0 Å². The molecule has 1 heterocycles. The van der Waals surface area contributed by atoms with Crippen LogP contribution in [0.4, 0.5) is 13.2 Å². The summed E-state index contributed by atoms with van der Waals surface area (Å²) in [5.74, 6) is 0.588. The maximum atomic E-state index is 12.7. The van der Waals surface area contributed by atoms with Crippen molar-refractivity contribution in [1.82, 2.24) is 20.0 Å². The first-order chi connectivity index (χ1) is 12.7. The Kier molecular flexibility index (Phi) is 7.13. The number of halogens is 3. The molecule has 0 atom stereocenters. The maximum Gasteiger partial charge on any atom is 0.435 e. The first kappa shape index (κ1) is 21.1. The van der Waals surface area contributed by atoms with Crippen LogP contribution in [0.1, 0.15) is 11.4 Å². The normalized spacial score (nSPS) is 12.8. The zero-order valence-electron chi connectivity index (χ0n) is 14.2. The summed E-state index contributed by atoms with van der Waals surface area (Å²) in [6.45, 7) is 0.310. The van der Waals surface area contributed by atoms with Gasteiger partial charge >= 0.3 is 6.18 Å². The molecule has 0 radical (unpaired) electrons. The van der Waals surface area contributed by atoms with Crippen LogP contribution in [-0.2, 0) is 22.0 Å². The fourth-order valence-electron chi connectivity index (χ4n) is 2.04. The van der Waals surface area contributed by atoms with Crippen LogP contribution in [0.15, 0.2) is 46.5 Å².